The zero-order valence-electron chi connectivity index (χ0n) is 13.0. The van der Waals surface area contributed by atoms with Gasteiger partial charge in [0.15, 0.2) is 0 Å². The minimum Gasteiger partial charge on any atom is -0.351 e. The summed E-state index contributed by atoms with van der Waals surface area (Å²) in [4.78, 5) is 24.7. The Labute approximate surface area is 159 Å². The fraction of sp³-hybridized carbons (Fsp3) is 0.111. The maximum Gasteiger partial charge on any atom is 0.267 e. The number of hydrogen-bond acceptors (Lipinski definition) is 2. The third kappa shape index (κ3) is 5.07. The van der Waals surface area contributed by atoms with Gasteiger partial charge in [-0.2, -0.15) is 0 Å². The van der Waals surface area contributed by atoms with Crippen LogP contribution in [0.1, 0.15) is 22.8 Å². The molecule has 0 atom stereocenters. The highest BCUT2D eigenvalue weighted by molar-refractivity contribution is 14.1. The van der Waals surface area contributed by atoms with Gasteiger partial charge in [-0.1, -0.05) is 35.9 Å². The van der Waals surface area contributed by atoms with Crippen molar-refractivity contribution in [2.75, 3.05) is 6.54 Å². The molecule has 0 bridgehead atoms. The molecule has 124 valence electrons. The average Bonchev–Trinajstić information content (AvgIpc) is 2.56. The predicted octanol–water partition coefficient (Wildman–Crippen LogP) is 3.85. The van der Waals surface area contributed by atoms with Gasteiger partial charge in [-0.15, -0.1) is 0 Å². The molecule has 0 radical (unpaired) electrons. The summed E-state index contributed by atoms with van der Waals surface area (Å²) >= 11 is 7.96. The van der Waals surface area contributed by atoms with Gasteiger partial charge in [-0.3, -0.25) is 9.59 Å². The van der Waals surface area contributed by atoms with Gasteiger partial charge in [-0.25, -0.2) is 0 Å². The number of carbonyl (C=O) groups excluding carboxylic acids is 2. The lowest BCUT2D eigenvalue weighted by Crippen LogP contribution is -2.35. The van der Waals surface area contributed by atoms with Crippen molar-refractivity contribution in [2.24, 2.45) is 0 Å². The van der Waals surface area contributed by atoms with Crippen molar-refractivity contribution >= 4 is 52.1 Å². The summed E-state index contributed by atoms with van der Waals surface area (Å²) in [6.45, 7) is 2.29. The summed E-state index contributed by atoms with van der Waals surface area (Å²) in [6, 6.07) is 14.2. The molecule has 2 N–H and O–H groups in total. The third-order valence-corrected chi connectivity index (χ3v) is 4.32. The molecule has 0 aliphatic carbocycles. The van der Waals surface area contributed by atoms with Crippen LogP contribution in [0.4, 0.5) is 0 Å². The Morgan fingerprint density at radius 1 is 1.12 bits per heavy atom. The Morgan fingerprint density at radius 2 is 1.79 bits per heavy atom. The van der Waals surface area contributed by atoms with E-state index in [1.54, 1.807) is 42.5 Å². The van der Waals surface area contributed by atoms with E-state index in [-0.39, 0.29) is 17.5 Å². The van der Waals surface area contributed by atoms with E-state index in [0.717, 1.165) is 9.13 Å². The molecule has 2 rings (SSSR count). The molecular weight excluding hydrogens is 439 g/mol. The van der Waals surface area contributed by atoms with Gasteiger partial charge in [0.1, 0.15) is 5.70 Å². The van der Waals surface area contributed by atoms with Crippen LogP contribution in [0, 0.1) is 3.57 Å². The highest BCUT2D eigenvalue weighted by Crippen LogP contribution is 2.14. The summed E-state index contributed by atoms with van der Waals surface area (Å²) < 4.78 is 0.814. The summed E-state index contributed by atoms with van der Waals surface area (Å²) in [7, 11) is 0. The molecule has 0 aliphatic heterocycles. The van der Waals surface area contributed by atoms with Gasteiger partial charge in [0.05, 0.1) is 5.56 Å². The second kappa shape index (κ2) is 8.84. The number of hydrogen-bond donors (Lipinski definition) is 2. The molecule has 2 aromatic carbocycles. The Hall–Kier alpha value is -1.86. The molecule has 0 unspecified atom stereocenters. The van der Waals surface area contributed by atoms with Gasteiger partial charge in [0.25, 0.3) is 11.8 Å². The Morgan fingerprint density at radius 3 is 2.42 bits per heavy atom. The lowest BCUT2D eigenvalue weighted by molar-refractivity contribution is -0.117. The summed E-state index contributed by atoms with van der Waals surface area (Å²) in [5.41, 5.74) is 1.47. The number of halogens is 2. The fourth-order valence-corrected chi connectivity index (χ4v) is 2.73. The quantitative estimate of drug-likeness (QED) is 0.533. The van der Waals surface area contributed by atoms with Gasteiger partial charge < -0.3 is 10.6 Å². The average molecular weight is 455 g/mol. The van der Waals surface area contributed by atoms with Crippen LogP contribution >= 0.6 is 34.2 Å². The monoisotopic (exact) mass is 454 g/mol. The summed E-state index contributed by atoms with van der Waals surface area (Å²) in [5.74, 6) is -0.668. The van der Waals surface area contributed by atoms with Crippen LogP contribution in [-0.2, 0) is 4.79 Å². The zero-order chi connectivity index (χ0) is 17.5. The first-order chi connectivity index (χ1) is 11.5. The predicted molar refractivity (Wildman–Crippen MR) is 105 cm³/mol. The highest BCUT2D eigenvalue weighted by Gasteiger charge is 2.15. The largest absolute Gasteiger partial charge is 0.351 e. The van der Waals surface area contributed by atoms with Crippen LogP contribution in [0.25, 0.3) is 6.08 Å². The van der Waals surface area contributed by atoms with Crippen molar-refractivity contribution in [1.29, 1.82) is 0 Å². The lowest BCUT2D eigenvalue weighted by atomic mass is 10.1. The standard InChI is InChI=1S/C18H16ClIN2O2/c1-2-21-18(24)16(11-12-7-9-13(19)10-8-12)22-17(23)14-5-3-4-6-15(14)20/h3-11H,2H2,1H3,(H,21,24)(H,22,23)/b16-11-. The maximum absolute atomic E-state index is 12.5. The zero-order valence-corrected chi connectivity index (χ0v) is 15.9. The van der Waals surface area contributed by atoms with Crippen molar-refractivity contribution < 1.29 is 9.59 Å². The SMILES string of the molecule is CCNC(=O)/C(=C/c1ccc(Cl)cc1)NC(=O)c1ccccc1I. The fourth-order valence-electron chi connectivity index (χ4n) is 1.97. The normalized spacial score (nSPS) is 11.0. The number of rotatable bonds is 5. The van der Waals surface area contributed by atoms with Crippen LogP contribution in [0.3, 0.4) is 0 Å². The van der Waals surface area contributed by atoms with E-state index in [1.807, 2.05) is 19.1 Å². The van der Waals surface area contributed by atoms with E-state index in [4.69, 9.17) is 11.6 Å². The van der Waals surface area contributed by atoms with E-state index in [1.165, 1.54) is 0 Å². The summed E-state index contributed by atoms with van der Waals surface area (Å²) in [5, 5.41) is 6.00. The van der Waals surface area contributed by atoms with Gasteiger partial charge in [0, 0.05) is 15.1 Å². The third-order valence-electron chi connectivity index (χ3n) is 3.13. The summed E-state index contributed by atoms with van der Waals surface area (Å²) in [6.07, 6.45) is 1.62. The topological polar surface area (TPSA) is 58.2 Å². The number of benzene rings is 2. The molecule has 4 nitrogen and oxygen atoms in total. The molecule has 0 saturated carbocycles. The van der Waals surface area contributed by atoms with E-state index in [0.29, 0.717) is 17.1 Å². The molecule has 0 heterocycles. The lowest BCUT2D eigenvalue weighted by Gasteiger charge is -2.11. The van der Waals surface area contributed by atoms with Gasteiger partial charge >= 0.3 is 0 Å². The smallest absolute Gasteiger partial charge is 0.267 e. The number of amides is 2. The van der Waals surface area contributed by atoms with Crippen LogP contribution in [0.15, 0.2) is 54.2 Å². The number of nitrogens with one attached hydrogen (secondary N) is 2. The molecule has 2 amide bonds. The van der Waals surface area contributed by atoms with Crippen molar-refractivity contribution in [3.05, 3.63) is 73.9 Å². The second-order valence-electron chi connectivity index (χ2n) is 4.90. The van der Waals surface area contributed by atoms with E-state index < -0.39 is 0 Å². The first-order valence-corrected chi connectivity index (χ1v) is 8.78. The molecular formula is C18H16ClIN2O2. The molecule has 0 spiro atoms. The van der Waals surface area contributed by atoms with Crippen molar-refractivity contribution in [2.45, 2.75) is 6.92 Å². The molecule has 0 saturated heterocycles. The van der Waals surface area contributed by atoms with Crippen molar-refractivity contribution in [3.8, 4) is 0 Å². The molecule has 0 aliphatic rings. The first-order valence-electron chi connectivity index (χ1n) is 7.32. The number of likely N-dealkylation sites (N-methyl/N-ethyl adjacent to an activating group) is 1. The molecule has 0 fully saturated rings. The minimum absolute atomic E-state index is 0.184. The Bertz CT molecular complexity index is 773. The maximum atomic E-state index is 12.5. The Kier molecular flexibility index (Phi) is 6.81. The molecule has 24 heavy (non-hydrogen) atoms. The van der Waals surface area contributed by atoms with E-state index >= 15 is 0 Å². The van der Waals surface area contributed by atoms with Crippen molar-refractivity contribution in [1.82, 2.24) is 10.6 Å². The van der Waals surface area contributed by atoms with Gasteiger partial charge in [-0.05, 0) is 65.4 Å². The molecule has 6 heteroatoms. The molecule has 2 aromatic rings. The van der Waals surface area contributed by atoms with Gasteiger partial charge in [0.2, 0.25) is 0 Å². The highest BCUT2D eigenvalue weighted by atomic mass is 127. The van der Waals surface area contributed by atoms with Crippen LogP contribution in [-0.4, -0.2) is 18.4 Å². The van der Waals surface area contributed by atoms with E-state index in [9.17, 15) is 9.59 Å². The number of carbonyl (C=O) groups is 2. The van der Waals surface area contributed by atoms with Crippen LogP contribution in [0.2, 0.25) is 5.02 Å². The van der Waals surface area contributed by atoms with Crippen molar-refractivity contribution in [3.63, 3.8) is 0 Å². The van der Waals surface area contributed by atoms with Crippen LogP contribution in [0.5, 0.6) is 0 Å². The first kappa shape index (κ1) is 18.5. The Balaban J connectivity index is 2.29. The molecule has 0 aromatic heterocycles. The second-order valence-corrected chi connectivity index (χ2v) is 6.50. The van der Waals surface area contributed by atoms with Crippen LogP contribution < -0.4 is 10.6 Å². The van der Waals surface area contributed by atoms with E-state index in [2.05, 4.69) is 33.2 Å². The minimum atomic E-state index is -0.341.